The minimum absolute atomic E-state index is 0.128. The highest BCUT2D eigenvalue weighted by molar-refractivity contribution is 5.76. The minimum atomic E-state index is -0.253. The van der Waals surface area contributed by atoms with Crippen LogP contribution in [0.25, 0.3) is 11.4 Å². The Balaban J connectivity index is 1.45. The van der Waals surface area contributed by atoms with Crippen LogP contribution in [0, 0.1) is 12.7 Å². The van der Waals surface area contributed by atoms with Crippen molar-refractivity contribution in [2.75, 3.05) is 6.54 Å². The molecule has 2 aromatic carbocycles. The summed E-state index contributed by atoms with van der Waals surface area (Å²) in [6.45, 7) is 2.40. The van der Waals surface area contributed by atoms with Gasteiger partial charge in [0.1, 0.15) is 5.82 Å². The van der Waals surface area contributed by atoms with E-state index in [1.54, 1.807) is 18.2 Å². The van der Waals surface area contributed by atoms with E-state index in [9.17, 15) is 9.18 Å². The van der Waals surface area contributed by atoms with Gasteiger partial charge in [0.15, 0.2) is 0 Å². The van der Waals surface area contributed by atoms with Crippen LogP contribution in [0.1, 0.15) is 23.4 Å². The molecule has 0 saturated heterocycles. The molecule has 3 rings (SSSR count). The van der Waals surface area contributed by atoms with Gasteiger partial charge in [0.25, 0.3) is 0 Å². The molecule has 6 heteroatoms. The zero-order valence-corrected chi connectivity index (χ0v) is 14.5. The topological polar surface area (TPSA) is 68.0 Å². The molecule has 5 nitrogen and oxygen atoms in total. The molecule has 0 radical (unpaired) electrons. The molecule has 0 atom stereocenters. The molecule has 0 aliphatic rings. The lowest BCUT2D eigenvalue weighted by Crippen LogP contribution is -2.26. The van der Waals surface area contributed by atoms with Gasteiger partial charge in [0.05, 0.1) is 0 Å². The molecule has 26 heavy (non-hydrogen) atoms. The van der Waals surface area contributed by atoms with Crippen LogP contribution >= 0.6 is 0 Å². The average Bonchev–Trinajstić information content (AvgIpc) is 3.11. The molecule has 0 bridgehead atoms. The van der Waals surface area contributed by atoms with Gasteiger partial charge in [-0.3, -0.25) is 4.79 Å². The standard InChI is InChI=1S/C20H20FN3O2/c1-14-6-8-16(9-7-14)20-23-19(26-24-20)11-10-18(25)22-13-12-15-4-2-3-5-17(15)21/h2-9H,10-13H2,1H3,(H,22,25). The Labute approximate surface area is 151 Å². The summed E-state index contributed by atoms with van der Waals surface area (Å²) in [6, 6.07) is 14.4. The summed E-state index contributed by atoms with van der Waals surface area (Å²) in [5, 5.41) is 6.72. The number of carbonyl (C=O) groups is 1. The van der Waals surface area contributed by atoms with Crippen molar-refractivity contribution in [2.45, 2.75) is 26.2 Å². The second kappa shape index (κ2) is 8.38. The number of nitrogens with zero attached hydrogens (tertiary/aromatic N) is 2. The van der Waals surface area contributed by atoms with Crippen molar-refractivity contribution in [3.8, 4) is 11.4 Å². The second-order valence-electron chi connectivity index (χ2n) is 6.07. The number of rotatable bonds is 7. The molecule has 1 amide bonds. The first-order valence-electron chi connectivity index (χ1n) is 8.51. The van der Waals surface area contributed by atoms with Crippen molar-refractivity contribution in [3.05, 3.63) is 71.4 Å². The van der Waals surface area contributed by atoms with Gasteiger partial charge in [-0.15, -0.1) is 0 Å². The van der Waals surface area contributed by atoms with E-state index in [2.05, 4.69) is 15.5 Å². The molecule has 1 heterocycles. The normalized spacial score (nSPS) is 10.7. The molecular formula is C20H20FN3O2. The van der Waals surface area contributed by atoms with Crippen molar-refractivity contribution >= 4 is 5.91 Å². The zero-order valence-electron chi connectivity index (χ0n) is 14.5. The monoisotopic (exact) mass is 353 g/mol. The van der Waals surface area contributed by atoms with Crippen LogP contribution in [0.15, 0.2) is 53.1 Å². The highest BCUT2D eigenvalue weighted by Crippen LogP contribution is 2.16. The van der Waals surface area contributed by atoms with Gasteiger partial charge in [-0.25, -0.2) is 4.39 Å². The Morgan fingerprint density at radius 3 is 2.65 bits per heavy atom. The number of aryl methyl sites for hydroxylation is 2. The molecule has 0 unspecified atom stereocenters. The maximum Gasteiger partial charge on any atom is 0.227 e. The number of carbonyl (C=O) groups excluding carboxylic acids is 1. The van der Waals surface area contributed by atoms with E-state index in [0.717, 1.165) is 11.1 Å². The number of amides is 1. The van der Waals surface area contributed by atoms with E-state index in [0.29, 0.717) is 36.7 Å². The SMILES string of the molecule is Cc1ccc(-c2noc(CCC(=O)NCCc3ccccc3F)n2)cc1. The summed E-state index contributed by atoms with van der Waals surface area (Å²) in [4.78, 5) is 16.2. The third-order valence-corrected chi connectivity index (χ3v) is 4.02. The third-order valence-electron chi connectivity index (χ3n) is 4.02. The van der Waals surface area contributed by atoms with Gasteiger partial charge < -0.3 is 9.84 Å². The molecule has 1 aromatic heterocycles. The van der Waals surface area contributed by atoms with Gasteiger partial charge >= 0.3 is 0 Å². The molecule has 134 valence electrons. The van der Waals surface area contributed by atoms with Crippen LogP contribution in [0.2, 0.25) is 0 Å². The lowest BCUT2D eigenvalue weighted by molar-refractivity contribution is -0.121. The van der Waals surface area contributed by atoms with Crippen molar-refractivity contribution in [2.24, 2.45) is 0 Å². The second-order valence-corrected chi connectivity index (χ2v) is 6.07. The number of halogens is 1. The van der Waals surface area contributed by atoms with Gasteiger partial charge in [0, 0.05) is 24.9 Å². The van der Waals surface area contributed by atoms with E-state index < -0.39 is 0 Å². The van der Waals surface area contributed by atoms with Crippen LogP contribution < -0.4 is 5.32 Å². The van der Waals surface area contributed by atoms with E-state index in [4.69, 9.17) is 4.52 Å². The average molecular weight is 353 g/mol. The maximum absolute atomic E-state index is 13.5. The van der Waals surface area contributed by atoms with E-state index >= 15 is 0 Å². The Kier molecular flexibility index (Phi) is 5.73. The Hall–Kier alpha value is -3.02. The fourth-order valence-corrected chi connectivity index (χ4v) is 2.52. The Morgan fingerprint density at radius 2 is 1.88 bits per heavy atom. The minimum Gasteiger partial charge on any atom is -0.356 e. The van der Waals surface area contributed by atoms with Crippen molar-refractivity contribution < 1.29 is 13.7 Å². The van der Waals surface area contributed by atoms with Crippen molar-refractivity contribution in [3.63, 3.8) is 0 Å². The highest BCUT2D eigenvalue weighted by atomic mass is 19.1. The van der Waals surface area contributed by atoms with E-state index in [1.165, 1.54) is 6.07 Å². The van der Waals surface area contributed by atoms with Gasteiger partial charge in [-0.05, 0) is 25.0 Å². The van der Waals surface area contributed by atoms with Crippen LogP contribution in [-0.4, -0.2) is 22.6 Å². The van der Waals surface area contributed by atoms with Crippen LogP contribution in [-0.2, 0) is 17.6 Å². The van der Waals surface area contributed by atoms with E-state index in [-0.39, 0.29) is 18.1 Å². The molecular weight excluding hydrogens is 333 g/mol. The van der Waals surface area contributed by atoms with Crippen molar-refractivity contribution in [1.29, 1.82) is 0 Å². The van der Waals surface area contributed by atoms with Gasteiger partial charge in [-0.1, -0.05) is 53.2 Å². The first-order valence-corrected chi connectivity index (χ1v) is 8.51. The van der Waals surface area contributed by atoms with Crippen LogP contribution in [0.5, 0.6) is 0 Å². The molecule has 0 saturated carbocycles. The maximum atomic E-state index is 13.5. The first-order chi connectivity index (χ1) is 12.6. The number of nitrogens with one attached hydrogen (secondary N) is 1. The highest BCUT2D eigenvalue weighted by Gasteiger charge is 2.10. The molecule has 3 aromatic rings. The first kappa shape index (κ1) is 17.8. The predicted octanol–water partition coefficient (Wildman–Crippen LogP) is 3.48. The Morgan fingerprint density at radius 1 is 1.12 bits per heavy atom. The number of hydrogen-bond acceptors (Lipinski definition) is 4. The summed E-state index contributed by atoms with van der Waals surface area (Å²) in [5.74, 6) is 0.553. The molecule has 1 N–H and O–H groups in total. The molecule has 0 spiro atoms. The molecule has 0 aliphatic carbocycles. The van der Waals surface area contributed by atoms with E-state index in [1.807, 2.05) is 31.2 Å². The van der Waals surface area contributed by atoms with Gasteiger partial charge in [-0.2, -0.15) is 4.98 Å². The van der Waals surface area contributed by atoms with Crippen LogP contribution in [0.4, 0.5) is 4.39 Å². The smallest absolute Gasteiger partial charge is 0.227 e. The summed E-state index contributed by atoms with van der Waals surface area (Å²) < 4.78 is 18.7. The summed E-state index contributed by atoms with van der Waals surface area (Å²) >= 11 is 0. The predicted molar refractivity (Wildman–Crippen MR) is 95.9 cm³/mol. The third kappa shape index (κ3) is 4.75. The lowest BCUT2D eigenvalue weighted by atomic mass is 10.1. The number of hydrogen-bond donors (Lipinski definition) is 1. The summed E-state index contributed by atoms with van der Waals surface area (Å²) in [7, 11) is 0. The molecule has 0 aliphatic heterocycles. The van der Waals surface area contributed by atoms with Crippen molar-refractivity contribution in [1.82, 2.24) is 15.5 Å². The zero-order chi connectivity index (χ0) is 18.4. The number of aromatic nitrogens is 2. The summed E-state index contributed by atoms with van der Waals surface area (Å²) in [5.41, 5.74) is 2.62. The number of benzene rings is 2. The fraction of sp³-hybridized carbons (Fsp3) is 0.250. The summed E-state index contributed by atoms with van der Waals surface area (Å²) in [6.07, 6.45) is 1.06. The molecule has 0 fully saturated rings. The van der Waals surface area contributed by atoms with Gasteiger partial charge in [0.2, 0.25) is 17.6 Å². The fourth-order valence-electron chi connectivity index (χ4n) is 2.52. The van der Waals surface area contributed by atoms with Crippen LogP contribution in [0.3, 0.4) is 0 Å². The Bertz CT molecular complexity index is 875. The lowest BCUT2D eigenvalue weighted by Gasteiger charge is -2.05. The largest absolute Gasteiger partial charge is 0.356 e. The quantitative estimate of drug-likeness (QED) is 0.706.